The zero-order valence-corrected chi connectivity index (χ0v) is 16.7. The number of nitrogens with zero attached hydrogens (tertiary/aromatic N) is 3. The maximum absolute atomic E-state index is 6.03. The highest BCUT2D eigenvalue weighted by Crippen LogP contribution is 2.17. The Hall–Kier alpha value is -1.31. The fraction of sp³-hybridized carbons (Fsp3) is 0.556. The van der Waals surface area contributed by atoms with E-state index in [0.29, 0.717) is 18.5 Å². The lowest BCUT2D eigenvalue weighted by Crippen LogP contribution is -2.40. The lowest BCUT2D eigenvalue weighted by Gasteiger charge is -2.16. The second-order valence-corrected chi connectivity index (χ2v) is 6.50. The molecule has 6 heteroatoms. The number of aromatic nitrogens is 2. The van der Waals surface area contributed by atoms with Gasteiger partial charge < -0.3 is 15.5 Å². The van der Waals surface area contributed by atoms with Gasteiger partial charge in [-0.05, 0) is 31.4 Å². The summed E-state index contributed by atoms with van der Waals surface area (Å²) in [5.41, 5.74) is 9.31. The van der Waals surface area contributed by atoms with Crippen molar-refractivity contribution in [3.05, 3.63) is 35.8 Å². The fourth-order valence-corrected chi connectivity index (χ4v) is 3.29. The number of pyridine rings is 1. The van der Waals surface area contributed by atoms with Gasteiger partial charge in [-0.3, -0.25) is 4.99 Å². The Kier molecular flexibility index (Phi) is 7.33. The van der Waals surface area contributed by atoms with E-state index < -0.39 is 0 Å². The molecule has 0 bridgehead atoms. The number of aliphatic imine (C=N–C) groups is 1. The predicted molar refractivity (Wildman–Crippen MR) is 110 cm³/mol. The molecule has 2 aromatic heterocycles. The van der Waals surface area contributed by atoms with E-state index in [0.717, 1.165) is 17.8 Å². The molecule has 0 radical (unpaired) electrons. The van der Waals surface area contributed by atoms with Crippen molar-refractivity contribution in [3.63, 3.8) is 0 Å². The highest BCUT2D eigenvalue weighted by atomic mass is 127. The smallest absolute Gasteiger partial charge is 0.188 e. The molecule has 0 amide bonds. The molecule has 1 aliphatic carbocycles. The monoisotopic (exact) mass is 441 g/mol. The van der Waals surface area contributed by atoms with Crippen LogP contribution in [0.1, 0.15) is 49.8 Å². The van der Waals surface area contributed by atoms with Crippen LogP contribution in [-0.2, 0) is 6.42 Å². The topological polar surface area (TPSA) is 67.7 Å². The lowest BCUT2D eigenvalue weighted by molar-refractivity contribution is 0.530. The van der Waals surface area contributed by atoms with E-state index in [1.54, 1.807) is 0 Å². The quantitative estimate of drug-likeness (QED) is 0.331. The summed E-state index contributed by atoms with van der Waals surface area (Å²) in [4.78, 5) is 9.14. The first-order chi connectivity index (χ1) is 11.2. The Balaban J connectivity index is 0.00000208. The van der Waals surface area contributed by atoms with Crippen LogP contribution in [0.2, 0.25) is 0 Å². The van der Waals surface area contributed by atoms with Crippen LogP contribution in [0.25, 0.3) is 5.65 Å². The molecule has 5 nitrogen and oxygen atoms in total. The molecule has 1 fully saturated rings. The van der Waals surface area contributed by atoms with Gasteiger partial charge in [0.15, 0.2) is 5.96 Å². The van der Waals surface area contributed by atoms with Crippen LogP contribution >= 0.6 is 24.0 Å². The first-order valence-electron chi connectivity index (χ1n) is 8.72. The molecule has 0 aromatic carbocycles. The normalized spacial score (nSPS) is 16.6. The van der Waals surface area contributed by atoms with E-state index in [9.17, 15) is 0 Å². The first-order valence-corrected chi connectivity index (χ1v) is 8.72. The molecule has 2 heterocycles. The molecule has 3 N–H and O–H groups in total. The van der Waals surface area contributed by atoms with Crippen LogP contribution in [-0.4, -0.2) is 27.9 Å². The standard InChI is InChI=1S/C18H27N5.HI/c1-14-7-6-12-23-13-16(21-17(14)23)10-11-20-18(19)22-15-8-4-2-3-5-9-15;/h6-7,12-13,15H,2-5,8-11H2,1H3,(H3,19,20,22);1H. The number of imidazole rings is 1. The second kappa shape index (κ2) is 9.25. The Morgan fingerprint density at radius 2 is 2.08 bits per heavy atom. The fourth-order valence-electron chi connectivity index (χ4n) is 3.29. The average Bonchev–Trinajstić information content (AvgIpc) is 2.78. The van der Waals surface area contributed by atoms with Gasteiger partial charge in [0.2, 0.25) is 0 Å². The third-order valence-electron chi connectivity index (χ3n) is 4.59. The van der Waals surface area contributed by atoms with Gasteiger partial charge in [-0.25, -0.2) is 4.98 Å². The molecule has 132 valence electrons. The number of hydrogen-bond acceptors (Lipinski definition) is 2. The summed E-state index contributed by atoms with van der Waals surface area (Å²) in [6, 6.07) is 4.62. The Morgan fingerprint density at radius 3 is 2.79 bits per heavy atom. The van der Waals surface area contributed by atoms with E-state index in [2.05, 4.69) is 38.9 Å². The van der Waals surface area contributed by atoms with Crippen LogP contribution in [0.15, 0.2) is 29.5 Å². The number of rotatable bonds is 4. The number of fused-ring (bicyclic) bond motifs is 1. The van der Waals surface area contributed by atoms with Crippen molar-refractivity contribution in [2.24, 2.45) is 10.7 Å². The summed E-state index contributed by atoms with van der Waals surface area (Å²) in [5, 5.41) is 3.38. The van der Waals surface area contributed by atoms with Gasteiger partial charge in [-0.2, -0.15) is 0 Å². The minimum absolute atomic E-state index is 0. The molecule has 0 aliphatic heterocycles. The van der Waals surface area contributed by atoms with Crippen LogP contribution < -0.4 is 11.1 Å². The van der Waals surface area contributed by atoms with Gasteiger partial charge in [0, 0.05) is 31.4 Å². The van der Waals surface area contributed by atoms with Crippen LogP contribution in [0.5, 0.6) is 0 Å². The van der Waals surface area contributed by atoms with Crippen molar-refractivity contribution in [1.82, 2.24) is 14.7 Å². The Morgan fingerprint density at radius 1 is 1.33 bits per heavy atom. The minimum atomic E-state index is 0. The van der Waals surface area contributed by atoms with Gasteiger partial charge >= 0.3 is 0 Å². The molecule has 2 aromatic rings. The number of aryl methyl sites for hydroxylation is 1. The Bertz CT molecular complexity index is 671. The third-order valence-corrected chi connectivity index (χ3v) is 4.59. The number of nitrogens with two attached hydrogens (primary N) is 1. The number of nitrogens with one attached hydrogen (secondary N) is 1. The van der Waals surface area contributed by atoms with E-state index in [4.69, 9.17) is 5.73 Å². The van der Waals surface area contributed by atoms with Gasteiger partial charge in [0.25, 0.3) is 0 Å². The molecule has 24 heavy (non-hydrogen) atoms. The van der Waals surface area contributed by atoms with Gasteiger partial charge in [-0.15, -0.1) is 24.0 Å². The summed E-state index contributed by atoms with van der Waals surface area (Å²) in [6.45, 7) is 2.76. The minimum Gasteiger partial charge on any atom is -0.370 e. The van der Waals surface area contributed by atoms with Crippen molar-refractivity contribution < 1.29 is 0 Å². The summed E-state index contributed by atoms with van der Waals surface area (Å²) >= 11 is 0. The second-order valence-electron chi connectivity index (χ2n) is 6.50. The molecule has 1 saturated carbocycles. The van der Waals surface area contributed by atoms with Crippen molar-refractivity contribution >= 4 is 35.6 Å². The van der Waals surface area contributed by atoms with Crippen LogP contribution in [0.3, 0.4) is 0 Å². The van der Waals surface area contributed by atoms with Crippen molar-refractivity contribution in [1.29, 1.82) is 0 Å². The van der Waals surface area contributed by atoms with Crippen LogP contribution in [0, 0.1) is 6.92 Å². The first kappa shape index (κ1) is 19.0. The maximum Gasteiger partial charge on any atom is 0.188 e. The van der Waals surface area contributed by atoms with Crippen LogP contribution in [0.4, 0.5) is 0 Å². The zero-order valence-electron chi connectivity index (χ0n) is 14.4. The highest BCUT2D eigenvalue weighted by Gasteiger charge is 2.12. The summed E-state index contributed by atoms with van der Waals surface area (Å²) in [7, 11) is 0. The molecular formula is C18H28IN5. The third kappa shape index (κ3) is 5.09. The number of halogens is 1. The largest absolute Gasteiger partial charge is 0.370 e. The zero-order chi connectivity index (χ0) is 16.1. The molecule has 3 rings (SSSR count). The van der Waals surface area contributed by atoms with E-state index >= 15 is 0 Å². The highest BCUT2D eigenvalue weighted by molar-refractivity contribution is 14.0. The molecule has 0 spiro atoms. The molecule has 0 unspecified atom stereocenters. The summed E-state index contributed by atoms with van der Waals surface area (Å²) in [5.74, 6) is 0.580. The lowest BCUT2D eigenvalue weighted by atomic mass is 10.1. The van der Waals surface area contributed by atoms with Gasteiger partial charge in [-0.1, -0.05) is 31.7 Å². The summed E-state index contributed by atoms with van der Waals surface area (Å²) in [6.07, 6.45) is 12.6. The van der Waals surface area contributed by atoms with E-state index in [1.807, 2.05) is 12.3 Å². The molecule has 0 saturated heterocycles. The van der Waals surface area contributed by atoms with Crippen molar-refractivity contribution in [2.45, 2.75) is 57.9 Å². The molecule has 1 aliphatic rings. The Labute approximate surface area is 161 Å². The van der Waals surface area contributed by atoms with E-state index in [-0.39, 0.29) is 24.0 Å². The van der Waals surface area contributed by atoms with Crippen molar-refractivity contribution in [2.75, 3.05) is 6.54 Å². The average molecular weight is 441 g/mol. The molecule has 0 atom stereocenters. The maximum atomic E-state index is 6.03. The predicted octanol–water partition coefficient (Wildman–Crippen LogP) is 3.43. The van der Waals surface area contributed by atoms with E-state index in [1.165, 1.54) is 44.1 Å². The summed E-state index contributed by atoms with van der Waals surface area (Å²) < 4.78 is 2.07. The number of hydrogen-bond donors (Lipinski definition) is 2. The van der Waals surface area contributed by atoms with Crippen molar-refractivity contribution in [3.8, 4) is 0 Å². The van der Waals surface area contributed by atoms with Gasteiger partial charge in [0.1, 0.15) is 5.65 Å². The SMILES string of the molecule is Cc1cccn2cc(CCN=C(N)NC3CCCCCC3)nc12.I. The number of guanidine groups is 1. The van der Waals surface area contributed by atoms with Gasteiger partial charge in [0.05, 0.1) is 5.69 Å². The molecular weight excluding hydrogens is 413 g/mol.